The normalized spacial score (nSPS) is 11.4. The summed E-state index contributed by atoms with van der Waals surface area (Å²) in [5.41, 5.74) is 1.94. The molecule has 0 heterocycles. The second-order valence-corrected chi connectivity index (χ2v) is 8.29. The quantitative estimate of drug-likeness (QED) is 0.182. The molecule has 3 aromatic rings. The summed E-state index contributed by atoms with van der Waals surface area (Å²) < 4.78 is 10.9. The summed E-state index contributed by atoms with van der Waals surface area (Å²) in [5.74, 6) is 0.995. The topological polar surface area (TPSA) is 78.7 Å². The zero-order valence-corrected chi connectivity index (χ0v) is 18.5. The Balaban J connectivity index is 1.80. The highest BCUT2D eigenvalue weighted by atomic mass is 16.6. The molecule has 0 fully saturated rings. The molecule has 164 valence electrons. The minimum Gasteiger partial charge on any atom is -0.497 e. The molecule has 0 aliphatic carbocycles. The lowest BCUT2D eigenvalue weighted by molar-refractivity contribution is -0.385. The number of ketones is 1. The van der Waals surface area contributed by atoms with E-state index in [2.05, 4.69) is 20.8 Å². The number of hydrogen-bond acceptors (Lipinski definition) is 5. The first-order valence-corrected chi connectivity index (χ1v) is 10.1. The van der Waals surface area contributed by atoms with Crippen molar-refractivity contribution in [1.29, 1.82) is 0 Å². The summed E-state index contributed by atoms with van der Waals surface area (Å²) in [7, 11) is 1.53. The molecule has 0 saturated heterocycles. The minimum absolute atomic E-state index is 0.000819. The maximum atomic E-state index is 12.4. The van der Waals surface area contributed by atoms with Crippen LogP contribution in [0.2, 0.25) is 0 Å². The molecule has 3 aromatic carbocycles. The van der Waals surface area contributed by atoms with E-state index in [0.717, 1.165) is 5.56 Å². The van der Waals surface area contributed by atoms with Crippen molar-refractivity contribution in [3.05, 3.63) is 99.6 Å². The van der Waals surface area contributed by atoms with Gasteiger partial charge in [0, 0.05) is 11.6 Å². The fraction of sp³-hybridized carbons (Fsp3) is 0.192. The Bertz CT molecular complexity index is 1160. The van der Waals surface area contributed by atoms with Gasteiger partial charge in [-0.2, -0.15) is 0 Å². The van der Waals surface area contributed by atoms with Crippen molar-refractivity contribution in [2.45, 2.75) is 26.2 Å². The second kappa shape index (κ2) is 9.47. The third-order valence-corrected chi connectivity index (χ3v) is 4.91. The van der Waals surface area contributed by atoms with Gasteiger partial charge in [0.15, 0.2) is 5.78 Å². The molecule has 3 rings (SSSR count). The van der Waals surface area contributed by atoms with Gasteiger partial charge < -0.3 is 9.47 Å². The number of methoxy groups -OCH3 is 1. The summed E-state index contributed by atoms with van der Waals surface area (Å²) in [6.07, 6.45) is 2.91. The van der Waals surface area contributed by atoms with Crippen LogP contribution in [0, 0.1) is 10.1 Å². The standard InChI is InChI=1S/C26H25NO5/c1-26(2,3)20-10-12-21(13-11-20)32-25-15-9-18(16-23(25)27(29)30)8-14-24(28)19-6-5-7-22(17-19)31-4/h5-17H,1-4H3/b14-8+. The molecule has 6 heteroatoms. The van der Waals surface area contributed by atoms with E-state index in [-0.39, 0.29) is 22.6 Å². The number of rotatable bonds is 7. The van der Waals surface area contributed by atoms with Crippen LogP contribution >= 0.6 is 0 Å². The van der Waals surface area contributed by atoms with Crippen molar-refractivity contribution in [2.24, 2.45) is 0 Å². The van der Waals surface area contributed by atoms with Crippen LogP contribution in [0.4, 0.5) is 5.69 Å². The first kappa shape index (κ1) is 22.7. The van der Waals surface area contributed by atoms with Crippen LogP contribution in [0.15, 0.2) is 72.8 Å². The zero-order valence-electron chi connectivity index (χ0n) is 18.5. The van der Waals surface area contributed by atoms with Gasteiger partial charge in [-0.25, -0.2) is 0 Å². The van der Waals surface area contributed by atoms with E-state index in [4.69, 9.17) is 9.47 Å². The van der Waals surface area contributed by atoms with Gasteiger partial charge >= 0.3 is 5.69 Å². The summed E-state index contributed by atoms with van der Waals surface area (Å²) in [4.78, 5) is 23.5. The first-order chi connectivity index (χ1) is 15.2. The summed E-state index contributed by atoms with van der Waals surface area (Å²) in [6, 6.07) is 18.9. The summed E-state index contributed by atoms with van der Waals surface area (Å²) in [6.45, 7) is 6.33. The maximum absolute atomic E-state index is 12.4. The van der Waals surface area contributed by atoms with Crippen molar-refractivity contribution in [3.8, 4) is 17.2 Å². The van der Waals surface area contributed by atoms with Crippen LogP contribution in [-0.4, -0.2) is 17.8 Å². The Hall–Kier alpha value is -3.93. The van der Waals surface area contributed by atoms with E-state index in [1.165, 1.54) is 31.4 Å². The van der Waals surface area contributed by atoms with Crippen molar-refractivity contribution in [3.63, 3.8) is 0 Å². The van der Waals surface area contributed by atoms with Crippen LogP contribution in [0.5, 0.6) is 17.2 Å². The third kappa shape index (κ3) is 5.60. The molecule has 6 nitrogen and oxygen atoms in total. The van der Waals surface area contributed by atoms with Crippen LogP contribution in [0.3, 0.4) is 0 Å². The fourth-order valence-corrected chi connectivity index (χ4v) is 3.06. The van der Waals surface area contributed by atoms with Gasteiger partial charge in [-0.1, -0.05) is 57.2 Å². The van der Waals surface area contributed by atoms with Gasteiger partial charge in [0.05, 0.1) is 12.0 Å². The smallest absolute Gasteiger partial charge is 0.312 e. The predicted molar refractivity (Wildman–Crippen MR) is 125 cm³/mol. The molecule has 0 saturated carbocycles. The van der Waals surface area contributed by atoms with E-state index in [9.17, 15) is 14.9 Å². The highest BCUT2D eigenvalue weighted by molar-refractivity contribution is 6.07. The van der Waals surface area contributed by atoms with E-state index in [0.29, 0.717) is 22.6 Å². The molecule has 0 N–H and O–H groups in total. The number of nitrogens with zero attached hydrogens (tertiary/aromatic N) is 1. The number of carbonyl (C=O) groups is 1. The van der Waals surface area contributed by atoms with Crippen molar-refractivity contribution < 1.29 is 19.2 Å². The van der Waals surface area contributed by atoms with Crippen molar-refractivity contribution in [1.82, 2.24) is 0 Å². The summed E-state index contributed by atoms with van der Waals surface area (Å²) in [5, 5.41) is 11.6. The number of carbonyl (C=O) groups excluding carboxylic acids is 1. The Morgan fingerprint density at radius 1 is 0.969 bits per heavy atom. The Morgan fingerprint density at radius 3 is 2.31 bits per heavy atom. The third-order valence-electron chi connectivity index (χ3n) is 4.91. The summed E-state index contributed by atoms with van der Waals surface area (Å²) >= 11 is 0. The fourth-order valence-electron chi connectivity index (χ4n) is 3.06. The Morgan fingerprint density at radius 2 is 1.69 bits per heavy atom. The molecule has 0 amide bonds. The monoisotopic (exact) mass is 431 g/mol. The number of hydrogen-bond donors (Lipinski definition) is 0. The molecule has 0 aliphatic rings. The molecule has 32 heavy (non-hydrogen) atoms. The molecule has 0 radical (unpaired) electrons. The molecular weight excluding hydrogens is 406 g/mol. The Labute approximate surface area is 187 Å². The number of nitro benzene ring substituents is 1. The van der Waals surface area contributed by atoms with Gasteiger partial charge in [0.1, 0.15) is 11.5 Å². The SMILES string of the molecule is COc1cccc(C(=O)/C=C/c2ccc(Oc3ccc(C(C)(C)C)cc3)c([N+](=O)[O-])c2)c1. The van der Waals surface area contributed by atoms with Crippen LogP contribution in [0.25, 0.3) is 6.08 Å². The van der Waals surface area contributed by atoms with Gasteiger partial charge in [-0.3, -0.25) is 14.9 Å². The first-order valence-electron chi connectivity index (χ1n) is 10.1. The van der Waals surface area contributed by atoms with Crippen molar-refractivity contribution in [2.75, 3.05) is 7.11 Å². The van der Waals surface area contributed by atoms with Crippen LogP contribution in [0.1, 0.15) is 42.3 Å². The zero-order chi connectivity index (χ0) is 23.3. The molecule has 0 spiro atoms. The van der Waals surface area contributed by atoms with E-state index in [1.807, 2.05) is 12.1 Å². The molecule has 0 unspecified atom stereocenters. The number of ether oxygens (including phenoxy) is 2. The number of benzene rings is 3. The average Bonchev–Trinajstić information content (AvgIpc) is 2.77. The molecule has 0 aliphatic heterocycles. The lowest BCUT2D eigenvalue weighted by atomic mass is 9.87. The maximum Gasteiger partial charge on any atom is 0.312 e. The molecule has 0 bridgehead atoms. The van der Waals surface area contributed by atoms with Gasteiger partial charge in [0.25, 0.3) is 0 Å². The minimum atomic E-state index is -0.500. The van der Waals surface area contributed by atoms with Crippen LogP contribution < -0.4 is 9.47 Å². The van der Waals surface area contributed by atoms with Gasteiger partial charge in [-0.15, -0.1) is 0 Å². The predicted octanol–water partition coefficient (Wildman–Crippen LogP) is 6.59. The second-order valence-electron chi connectivity index (χ2n) is 8.29. The largest absolute Gasteiger partial charge is 0.497 e. The van der Waals surface area contributed by atoms with Crippen LogP contribution in [-0.2, 0) is 5.41 Å². The lowest BCUT2D eigenvalue weighted by Crippen LogP contribution is -2.10. The molecule has 0 atom stereocenters. The highest BCUT2D eigenvalue weighted by Gasteiger charge is 2.18. The van der Waals surface area contributed by atoms with E-state index < -0.39 is 4.92 Å². The van der Waals surface area contributed by atoms with E-state index in [1.54, 1.807) is 42.5 Å². The number of allylic oxidation sites excluding steroid dienone is 1. The number of nitro groups is 1. The van der Waals surface area contributed by atoms with Gasteiger partial charge in [0.2, 0.25) is 5.75 Å². The van der Waals surface area contributed by atoms with E-state index >= 15 is 0 Å². The Kier molecular flexibility index (Phi) is 6.73. The molecule has 0 aromatic heterocycles. The lowest BCUT2D eigenvalue weighted by Gasteiger charge is -2.19. The average molecular weight is 431 g/mol. The highest BCUT2D eigenvalue weighted by Crippen LogP contribution is 2.33. The van der Waals surface area contributed by atoms with Crippen molar-refractivity contribution >= 4 is 17.5 Å². The molecular formula is C26H25NO5. The van der Waals surface area contributed by atoms with Gasteiger partial charge in [-0.05, 0) is 52.9 Å².